The predicted molar refractivity (Wildman–Crippen MR) is 221 cm³/mol. The number of hydrogen-bond donors (Lipinski definition) is 2. The third-order valence-electron chi connectivity index (χ3n) is 12.2. The van der Waals surface area contributed by atoms with E-state index in [4.69, 9.17) is 11.6 Å². The second kappa shape index (κ2) is 14.6. The monoisotopic (exact) mass is 808 g/mol. The van der Waals surface area contributed by atoms with Gasteiger partial charge in [-0.05, 0) is 127 Å². The van der Waals surface area contributed by atoms with Gasteiger partial charge < -0.3 is 10.0 Å². The van der Waals surface area contributed by atoms with Gasteiger partial charge in [0.15, 0.2) is 0 Å². The molecule has 4 amide bonds. The van der Waals surface area contributed by atoms with Gasteiger partial charge in [-0.2, -0.15) is 15.2 Å². The Hall–Kier alpha value is -6.66. The van der Waals surface area contributed by atoms with Crippen molar-refractivity contribution in [2.75, 3.05) is 29.3 Å². The molecule has 9 rings (SSSR count). The van der Waals surface area contributed by atoms with E-state index in [1.54, 1.807) is 66.7 Å². The van der Waals surface area contributed by atoms with E-state index in [1.165, 1.54) is 35.2 Å². The van der Waals surface area contributed by atoms with Crippen LogP contribution in [0.1, 0.15) is 29.9 Å². The fourth-order valence-electron chi connectivity index (χ4n) is 9.59. The summed E-state index contributed by atoms with van der Waals surface area (Å²) in [5.41, 5.74) is 6.18. The highest BCUT2D eigenvalue weighted by atomic mass is 35.5. The van der Waals surface area contributed by atoms with Crippen LogP contribution in [-0.4, -0.2) is 47.8 Å². The van der Waals surface area contributed by atoms with E-state index in [9.17, 15) is 23.9 Å². The Bertz CT molecular complexity index is 2560. The Balaban J connectivity index is 1.09. The number of imide groups is 2. The second-order valence-corrected chi connectivity index (χ2v) is 16.0. The summed E-state index contributed by atoms with van der Waals surface area (Å²) in [7, 11) is 3.91. The summed E-state index contributed by atoms with van der Waals surface area (Å²) in [6.07, 6.45) is 2.26. The number of hydrogen-bond acceptors (Lipinski definition) is 9. The van der Waals surface area contributed by atoms with Crippen molar-refractivity contribution >= 4 is 63.7 Å². The number of anilines is 3. The third-order valence-corrected chi connectivity index (χ3v) is 12.5. The number of nitrogens with zero attached hydrogens (tertiary/aromatic N) is 5. The standard InChI is InChI=1S/C46H38ClFN6O5/c1-52(2)33-18-14-30(15-19-33)49-50-31-16-20-34(21-17-31)53-42(56)37-23-22-36-38(40(37)44(53)58)25-39-43(57)54(51-32-12-10-29(48)11-13-32)45(59)46(39,27-6-8-28(47)9-7-27)41(36)26-4-3-5-35(55)24-26/h3-22,24,37-41,51,55H,23,25H2,1-2H3/t37-,38+,39-,40-,41-,46+/m0/s1. The number of allylic oxidation sites excluding steroid dienone is 2. The van der Waals surface area contributed by atoms with Crippen molar-refractivity contribution in [3.05, 3.63) is 155 Å². The molecule has 2 aliphatic carbocycles. The van der Waals surface area contributed by atoms with Gasteiger partial charge in [0.1, 0.15) is 11.6 Å². The Morgan fingerprint density at radius 3 is 2.10 bits per heavy atom. The van der Waals surface area contributed by atoms with Crippen LogP contribution in [0.4, 0.5) is 32.8 Å². The van der Waals surface area contributed by atoms with Crippen LogP contribution in [0.25, 0.3) is 0 Å². The first-order valence-electron chi connectivity index (χ1n) is 19.3. The zero-order chi connectivity index (χ0) is 41.2. The Morgan fingerprint density at radius 1 is 0.797 bits per heavy atom. The Kier molecular flexibility index (Phi) is 9.39. The Labute approximate surface area is 344 Å². The smallest absolute Gasteiger partial charge is 0.260 e. The van der Waals surface area contributed by atoms with Crippen LogP contribution in [-0.2, 0) is 24.6 Å². The average Bonchev–Trinajstić information content (AvgIpc) is 3.61. The van der Waals surface area contributed by atoms with Crippen molar-refractivity contribution < 1.29 is 28.7 Å². The SMILES string of the molecule is CN(C)c1ccc(N=Nc2ccc(N3C(=O)[C@H]4[C@H](CC=C5[C@H]4C[C@H]4C(=O)N(Nc6ccc(F)cc6)C(=O)[C@@]4(c4ccc(Cl)cc4)[C@H]5c4cccc(O)c4)C3=O)cc2)cc1. The molecule has 13 heteroatoms. The van der Waals surface area contributed by atoms with E-state index >= 15 is 4.79 Å². The molecular weight excluding hydrogens is 771 g/mol. The number of phenols is 1. The molecule has 2 aliphatic heterocycles. The van der Waals surface area contributed by atoms with Gasteiger partial charge in [0, 0.05) is 30.7 Å². The number of nitrogens with one attached hydrogen (secondary N) is 1. The lowest BCUT2D eigenvalue weighted by Crippen LogP contribution is -2.53. The van der Waals surface area contributed by atoms with E-state index in [1.807, 2.05) is 49.3 Å². The molecule has 2 saturated heterocycles. The molecule has 5 aromatic carbocycles. The normalized spacial score (nSPS) is 24.9. The van der Waals surface area contributed by atoms with Crippen LogP contribution in [0.5, 0.6) is 5.75 Å². The molecule has 11 nitrogen and oxygen atoms in total. The molecular formula is C46H38ClFN6O5. The molecule has 2 N–H and O–H groups in total. The summed E-state index contributed by atoms with van der Waals surface area (Å²) in [6.45, 7) is 0. The number of amides is 4. The summed E-state index contributed by atoms with van der Waals surface area (Å²) >= 11 is 6.37. The fraction of sp³-hybridized carbons (Fsp3) is 0.217. The zero-order valence-corrected chi connectivity index (χ0v) is 32.8. The minimum atomic E-state index is -1.55. The lowest BCUT2D eigenvalue weighted by Gasteiger charge is -2.50. The first-order valence-corrected chi connectivity index (χ1v) is 19.7. The molecule has 0 spiro atoms. The number of fused-ring (bicyclic) bond motifs is 4. The van der Waals surface area contributed by atoms with Gasteiger partial charge in [0.2, 0.25) is 11.8 Å². The van der Waals surface area contributed by atoms with E-state index in [0.717, 1.165) is 16.3 Å². The molecule has 0 aromatic heterocycles. The van der Waals surface area contributed by atoms with E-state index in [2.05, 4.69) is 15.7 Å². The molecule has 0 unspecified atom stereocenters. The zero-order valence-electron chi connectivity index (χ0n) is 32.0. The highest BCUT2D eigenvalue weighted by Crippen LogP contribution is 2.64. The summed E-state index contributed by atoms with van der Waals surface area (Å²) in [5, 5.41) is 20.9. The lowest BCUT2D eigenvalue weighted by molar-refractivity contribution is -0.138. The highest BCUT2D eigenvalue weighted by molar-refractivity contribution is 6.30. The van der Waals surface area contributed by atoms with Crippen LogP contribution in [0.15, 0.2) is 143 Å². The number of benzene rings is 5. The fourth-order valence-corrected chi connectivity index (χ4v) is 9.72. The molecule has 0 bridgehead atoms. The van der Waals surface area contributed by atoms with Gasteiger partial charge in [-0.1, -0.05) is 47.5 Å². The van der Waals surface area contributed by atoms with Crippen LogP contribution >= 0.6 is 11.6 Å². The number of carbonyl (C=O) groups excluding carboxylic acids is 4. The summed E-state index contributed by atoms with van der Waals surface area (Å²) in [4.78, 5) is 62.2. The number of azo groups is 1. The highest BCUT2D eigenvalue weighted by Gasteiger charge is 2.70. The van der Waals surface area contributed by atoms with Gasteiger partial charge in [-0.15, -0.1) is 0 Å². The average molecular weight is 809 g/mol. The number of phenolic OH excluding ortho intramolecular Hbond substituents is 1. The van der Waals surface area contributed by atoms with Gasteiger partial charge in [-0.25, -0.2) is 4.39 Å². The minimum Gasteiger partial charge on any atom is -0.508 e. The van der Waals surface area contributed by atoms with E-state index in [0.29, 0.717) is 38.9 Å². The molecule has 4 aliphatic rings. The van der Waals surface area contributed by atoms with Crippen molar-refractivity contribution in [1.82, 2.24) is 5.01 Å². The van der Waals surface area contributed by atoms with Crippen molar-refractivity contribution in [2.24, 2.45) is 33.9 Å². The third kappa shape index (κ3) is 6.26. The second-order valence-electron chi connectivity index (χ2n) is 15.6. The minimum absolute atomic E-state index is 0.0386. The molecule has 6 atom stereocenters. The predicted octanol–water partition coefficient (Wildman–Crippen LogP) is 8.86. The first kappa shape index (κ1) is 37.9. The van der Waals surface area contributed by atoms with Crippen LogP contribution in [0.2, 0.25) is 5.02 Å². The summed E-state index contributed by atoms with van der Waals surface area (Å²) in [6, 6.07) is 33.1. The number of halogens is 2. The molecule has 59 heavy (non-hydrogen) atoms. The van der Waals surface area contributed by atoms with Gasteiger partial charge in [0.25, 0.3) is 11.8 Å². The van der Waals surface area contributed by atoms with Crippen molar-refractivity contribution in [3.63, 3.8) is 0 Å². The molecule has 296 valence electrons. The topological polar surface area (TPSA) is 135 Å². The van der Waals surface area contributed by atoms with Crippen LogP contribution < -0.4 is 15.2 Å². The van der Waals surface area contributed by atoms with Crippen molar-refractivity contribution in [2.45, 2.75) is 24.2 Å². The Morgan fingerprint density at radius 2 is 1.46 bits per heavy atom. The number of hydrazine groups is 1. The maximum atomic E-state index is 15.2. The number of aromatic hydroxyl groups is 1. The lowest BCUT2D eigenvalue weighted by atomic mass is 9.49. The van der Waals surface area contributed by atoms with Crippen LogP contribution in [0, 0.1) is 29.5 Å². The quantitative estimate of drug-likeness (QED) is 0.0909. The maximum absolute atomic E-state index is 15.2. The largest absolute Gasteiger partial charge is 0.508 e. The van der Waals surface area contributed by atoms with E-state index < -0.39 is 58.5 Å². The maximum Gasteiger partial charge on any atom is 0.260 e. The van der Waals surface area contributed by atoms with Gasteiger partial charge in [0.05, 0.1) is 45.9 Å². The molecule has 0 radical (unpaired) electrons. The molecule has 5 aromatic rings. The van der Waals surface area contributed by atoms with Gasteiger partial charge >= 0.3 is 0 Å². The van der Waals surface area contributed by atoms with E-state index in [-0.39, 0.29) is 24.5 Å². The molecule has 1 saturated carbocycles. The summed E-state index contributed by atoms with van der Waals surface area (Å²) in [5.74, 6) is -6.32. The first-order chi connectivity index (χ1) is 28.4. The number of rotatable bonds is 8. The number of carbonyl (C=O) groups is 4. The van der Waals surface area contributed by atoms with Crippen molar-refractivity contribution in [1.29, 1.82) is 0 Å². The molecule has 2 heterocycles. The van der Waals surface area contributed by atoms with Gasteiger partial charge in [-0.3, -0.25) is 29.5 Å². The summed E-state index contributed by atoms with van der Waals surface area (Å²) < 4.78 is 13.9. The van der Waals surface area contributed by atoms with Crippen LogP contribution in [0.3, 0.4) is 0 Å². The molecule has 3 fully saturated rings. The van der Waals surface area contributed by atoms with Crippen molar-refractivity contribution in [3.8, 4) is 5.75 Å².